The van der Waals surface area contributed by atoms with E-state index in [1.165, 1.54) is 4.68 Å². The molecule has 3 aromatic heterocycles. The van der Waals surface area contributed by atoms with Gasteiger partial charge in [-0.2, -0.15) is 5.10 Å². The van der Waals surface area contributed by atoms with Gasteiger partial charge in [0.15, 0.2) is 0 Å². The summed E-state index contributed by atoms with van der Waals surface area (Å²) in [4.78, 5) is 19.4. The molecule has 4 heterocycles. The molecule has 1 saturated carbocycles. The zero-order chi connectivity index (χ0) is 21.5. The van der Waals surface area contributed by atoms with Crippen molar-refractivity contribution in [3.05, 3.63) is 57.3 Å². The Labute approximate surface area is 184 Å². The molecule has 3 aromatic rings. The molecule has 0 radical (unpaired) electrons. The Balaban J connectivity index is 1.45. The molecule has 1 aliphatic heterocycles. The second-order valence-corrected chi connectivity index (χ2v) is 8.82. The molecule has 2 unspecified atom stereocenters. The predicted octanol–water partition coefficient (Wildman–Crippen LogP) is 3.49. The van der Waals surface area contributed by atoms with E-state index in [0.29, 0.717) is 22.3 Å². The number of rotatable bonds is 5. The summed E-state index contributed by atoms with van der Waals surface area (Å²) in [7, 11) is 0. The molecule has 0 bridgehead atoms. The van der Waals surface area contributed by atoms with Crippen molar-refractivity contribution < 1.29 is 9.26 Å². The highest BCUT2D eigenvalue weighted by molar-refractivity contribution is 6.30. The zero-order valence-corrected chi connectivity index (χ0v) is 18.2. The van der Waals surface area contributed by atoms with E-state index < -0.39 is 0 Å². The van der Waals surface area contributed by atoms with Crippen molar-refractivity contribution in [2.24, 2.45) is 0 Å². The Morgan fingerprint density at radius 3 is 2.58 bits per heavy atom. The van der Waals surface area contributed by atoms with E-state index in [9.17, 15) is 4.79 Å². The third-order valence-electron chi connectivity index (χ3n) is 5.68. The summed E-state index contributed by atoms with van der Waals surface area (Å²) in [5.74, 6) is 1.16. The summed E-state index contributed by atoms with van der Waals surface area (Å²) in [6, 6.07) is 5.21. The van der Waals surface area contributed by atoms with Crippen LogP contribution in [0.5, 0.6) is 0 Å². The van der Waals surface area contributed by atoms with Gasteiger partial charge in [-0.05, 0) is 38.8 Å². The molecule has 9 heteroatoms. The normalized spacial score (nSPS) is 21.5. The van der Waals surface area contributed by atoms with Crippen LogP contribution < -0.4 is 10.5 Å². The molecule has 2 atom stereocenters. The topological polar surface area (TPSA) is 86.3 Å². The molecule has 0 amide bonds. The highest BCUT2D eigenvalue weighted by Crippen LogP contribution is 2.44. The lowest BCUT2D eigenvalue weighted by atomic mass is 10.1. The number of hydrogen-bond acceptors (Lipinski definition) is 7. The van der Waals surface area contributed by atoms with E-state index in [0.717, 1.165) is 42.9 Å². The largest absolute Gasteiger partial charge is 0.372 e. The molecule has 0 N–H and O–H groups in total. The maximum atomic E-state index is 12.9. The van der Waals surface area contributed by atoms with Gasteiger partial charge in [-0.1, -0.05) is 16.8 Å². The third-order valence-corrected chi connectivity index (χ3v) is 5.91. The molecule has 1 aliphatic carbocycles. The van der Waals surface area contributed by atoms with Crippen molar-refractivity contribution in [1.29, 1.82) is 0 Å². The fraction of sp³-hybridized carbons (Fsp3) is 0.455. The molecular formula is C22H24ClN5O3. The minimum Gasteiger partial charge on any atom is -0.372 e. The number of morpholine rings is 1. The Kier molecular flexibility index (Phi) is 5.27. The summed E-state index contributed by atoms with van der Waals surface area (Å²) < 4.78 is 12.9. The lowest BCUT2D eigenvalue weighted by Crippen LogP contribution is -2.46. The van der Waals surface area contributed by atoms with Gasteiger partial charge in [0.05, 0.1) is 41.4 Å². The lowest BCUT2D eigenvalue weighted by Gasteiger charge is -2.36. The Hall–Kier alpha value is -2.71. The number of pyridine rings is 1. The highest BCUT2D eigenvalue weighted by Gasteiger charge is 2.33. The third kappa shape index (κ3) is 4.22. The van der Waals surface area contributed by atoms with Crippen molar-refractivity contribution in [2.45, 2.75) is 51.4 Å². The number of anilines is 1. The molecule has 0 spiro atoms. The van der Waals surface area contributed by atoms with E-state index in [1.54, 1.807) is 30.6 Å². The number of nitrogens with zero attached hydrogens (tertiary/aromatic N) is 5. The Morgan fingerprint density at radius 1 is 1.16 bits per heavy atom. The smallest absolute Gasteiger partial charge is 0.269 e. The van der Waals surface area contributed by atoms with Crippen LogP contribution in [0.1, 0.15) is 43.9 Å². The van der Waals surface area contributed by atoms with Crippen molar-refractivity contribution in [3.63, 3.8) is 0 Å². The van der Waals surface area contributed by atoms with Gasteiger partial charge < -0.3 is 14.2 Å². The van der Waals surface area contributed by atoms with Crippen molar-refractivity contribution >= 4 is 17.3 Å². The average molecular weight is 442 g/mol. The Morgan fingerprint density at radius 2 is 1.94 bits per heavy atom. The molecule has 2 aliphatic rings. The molecule has 1 saturated heterocycles. The van der Waals surface area contributed by atoms with Crippen LogP contribution in [0.3, 0.4) is 0 Å². The first kappa shape index (κ1) is 20.2. The van der Waals surface area contributed by atoms with Crippen LogP contribution in [0, 0.1) is 0 Å². The molecule has 162 valence electrons. The van der Waals surface area contributed by atoms with Gasteiger partial charge in [-0.25, -0.2) is 4.68 Å². The standard InChI is InChI=1S/C22H24ClN5O3/c1-13-10-27(11-14(2)30-13)17-7-20(29)28(25-9-17)12-18-21(19-6-5-16(23)8-24-19)26-31-22(18)15-3-4-15/h5-9,13-15H,3-4,10-12H2,1-2H3. The minimum atomic E-state index is -0.165. The molecule has 31 heavy (non-hydrogen) atoms. The van der Waals surface area contributed by atoms with E-state index in [-0.39, 0.29) is 24.3 Å². The van der Waals surface area contributed by atoms with Crippen molar-refractivity contribution in [1.82, 2.24) is 19.9 Å². The fourth-order valence-corrected chi connectivity index (χ4v) is 4.22. The molecular weight excluding hydrogens is 418 g/mol. The van der Waals surface area contributed by atoms with Crippen LogP contribution in [-0.2, 0) is 11.3 Å². The summed E-state index contributed by atoms with van der Waals surface area (Å²) in [5, 5.41) is 9.28. The maximum absolute atomic E-state index is 12.9. The monoisotopic (exact) mass is 441 g/mol. The second-order valence-electron chi connectivity index (χ2n) is 8.38. The minimum absolute atomic E-state index is 0.110. The van der Waals surface area contributed by atoms with Crippen LogP contribution in [-0.4, -0.2) is 45.2 Å². The van der Waals surface area contributed by atoms with Crippen molar-refractivity contribution in [3.8, 4) is 11.4 Å². The van der Waals surface area contributed by atoms with Crippen LogP contribution in [0.25, 0.3) is 11.4 Å². The van der Waals surface area contributed by atoms with Gasteiger partial charge in [0.2, 0.25) is 0 Å². The lowest BCUT2D eigenvalue weighted by molar-refractivity contribution is -0.00525. The van der Waals surface area contributed by atoms with Gasteiger partial charge in [0.1, 0.15) is 11.5 Å². The van der Waals surface area contributed by atoms with E-state index >= 15 is 0 Å². The average Bonchev–Trinajstić information content (AvgIpc) is 3.50. The Bertz CT molecular complexity index is 1130. The number of halogens is 1. The first-order valence-electron chi connectivity index (χ1n) is 10.6. The van der Waals surface area contributed by atoms with Crippen LogP contribution in [0.15, 0.2) is 39.9 Å². The zero-order valence-electron chi connectivity index (χ0n) is 17.5. The summed E-state index contributed by atoms with van der Waals surface area (Å²) in [5.41, 5.74) is 2.80. The fourth-order valence-electron chi connectivity index (χ4n) is 4.11. The van der Waals surface area contributed by atoms with Crippen LogP contribution in [0.4, 0.5) is 5.69 Å². The number of ether oxygens (including phenoxy) is 1. The van der Waals surface area contributed by atoms with Gasteiger partial charge >= 0.3 is 0 Å². The summed E-state index contributed by atoms with van der Waals surface area (Å²) in [6.45, 7) is 5.83. The molecule has 2 fully saturated rings. The van der Waals surface area contributed by atoms with E-state index in [1.807, 2.05) is 13.8 Å². The quantitative estimate of drug-likeness (QED) is 0.599. The summed E-state index contributed by atoms with van der Waals surface area (Å²) >= 11 is 5.98. The van der Waals surface area contributed by atoms with Gasteiger partial charge in [0, 0.05) is 36.8 Å². The second kappa shape index (κ2) is 8.09. The first-order valence-corrected chi connectivity index (χ1v) is 10.9. The molecule has 0 aromatic carbocycles. The van der Waals surface area contributed by atoms with E-state index in [4.69, 9.17) is 20.9 Å². The van der Waals surface area contributed by atoms with Crippen LogP contribution in [0.2, 0.25) is 5.02 Å². The molecule has 5 rings (SSSR count). The van der Waals surface area contributed by atoms with E-state index in [2.05, 4.69) is 20.1 Å². The van der Waals surface area contributed by atoms with Gasteiger partial charge in [-0.15, -0.1) is 0 Å². The summed E-state index contributed by atoms with van der Waals surface area (Å²) in [6.07, 6.45) is 5.67. The first-order chi connectivity index (χ1) is 15.0. The van der Waals surface area contributed by atoms with Crippen molar-refractivity contribution in [2.75, 3.05) is 18.0 Å². The SMILES string of the molecule is CC1CN(c2cnn(Cc3c(-c4ccc(Cl)cn4)noc3C3CC3)c(=O)c2)CC(C)O1. The number of hydrogen-bond donors (Lipinski definition) is 0. The number of aromatic nitrogens is 4. The van der Waals surface area contributed by atoms with Gasteiger partial charge in [0.25, 0.3) is 5.56 Å². The highest BCUT2D eigenvalue weighted by atomic mass is 35.5. The maximum Gasteiger partial charge on any atom is 0.269 e. The predicted molar refractivity (Wildman–Crippen MR) is 117 cm³/mol. The van der Waals surface area contributed by atoms with Gasteiger partial charge in [-0.3, -0.25) is 9.78 Å². The van der Waals surface area contributed by atoms with Crippen LogP contribution >= 0.6 is 11.6 Å². The molecule has 8 nitrogen and oxygen atoms in total.